The first-order chi connectivity index (χ1) is 8.87. The zero-order valence-electron chi connectivity index (χ0n) is 12.1. The van der Waals surface area contributed by atoms with Gasteiger partial charge in [0, 0.05) is 13.1 Å². The summed E-state index contributed by atoms with van der Waals surface area (Å²) in [6, 6.07) is -0.246. The molecule has 0 radical (unpaired) electrons. The molecular formula is C14H24N2O3. The standard InChI is InChI=1S/C14H24N2O3/c1-14(2,3)19-13(18)11-6-4-7-16(11)10-12(17)15-8-5-9-15/h11H,4-10H2,1-3H3/t11-/m0/s1. The van der Waals surface area contributed by atoms with Crippen LogP contribution in [0.3, 0.4) is 0 Å². The van der Waals surface area contributed by atoms with E-state index in [4.69, 9.17) is 4.74 Å². The number of carbonyl (C=O) groups is 2. The van der Waals surface area contributed by atoms with E-state index in [1.54, 1.807) is 0 Å². The predicted octanol–water partition coefficient (Wildman–Crippen LogP) is 1.02. The van der Waals surface area contributed by atoms with Crippen molar-refractivity contribution < 1.29 is 14.3 Å². The predicted molar refractivity (Wildman–Crippen MR) is 71.6 cm³/mol. The van der Waals surface area contributed by atoms with E-state index in [-0.39, 0.29) is 17.9 Å². The molecule has 2 aliphatic heterocycles. The van der Waals surface area contributed by atoms with Gasteiger partial charge in [0.2, 0.25) is 5.91 Å². The maximum absolute atomic E-state index is 12.1. The molecule has 108 valence electrons. The summed E-state index contributed by atoms with van der Waals surface area (Å²) >= 11 is 0. The van der Waals surface area contributed by atoms with Crippen LogP contribution in [0, 0.1) is 0 Å². The van der Waals surface area contributed by atoms with Gasteiger partial charge in [0.05, 0.1) is 6.54 Å². The first-order valence-electron chi connectivity index (χ1n) is 7.11. The van der Waals surface area contributed by atoms with E-state index in [1.807, 2.05) is 30.6 Å². The molecule has 0 aliphatic carbocycles. The van der Waals surface area contributed by atoms with Crippen LogP contribution >= 0.6 is 0 Å². The SMILES string of the molecule is CC(C)(C)OC(=O)[C@@H]1CCCN1CC(=O)N1CCC1. The summed E-state index contributed by atoms with van der Waals surface area (Å²) in [5.74, 6) is -0.0527. The van der Waals surface area contributed by atoms with E-state index >= 15 is 0 Å². The fraction of sp³-hybridized carbons (Fsp3) is 0.857. The molecule has 0 aromatic heterocycles. The molecule has 1 atom stereocenters. The van der Waals surface area contributed by atoms with Crippen molar-refractivity contribution in [3.05, 3.63) is 0 Å². The first kappa shape index (κ1) is 14.3. The second-order valence-electron chi connectivity index (χ2n) is 6.40. The Hall–Kier alpha value is -1.10. The molecule has 0 aromatic rings. The molecule has 1 amide bonds. The van der Waals surface area contributed by atoms with Crippen LogP contribution in [0.1, 0.15) is 40.0 Å². The van der Waals surface area contributed by atoms with Gasteiger partial charge >= 0.3 is 5.97 Å². The van der Waals surface area contributed by atoms with Crippen molar-refractivity contribution in [3.63, 3.8) is 0 Å². The molecule has 2 heterocycles. The van der Waals surface area contributed by atoms with Crippen LogP contribution in [-0.2, 0) is 14.3 Å². The zero-order chi connectivity index (χ0) is 14.0. The summed E-state index contributed by atoms with van der Waals surface area (Å²) < 4.78 is 5.43. The second-order valence-corrected chi connectivity index (χ2v) is 6.40. The monoisotopic (exact) mass is 268 g/mol. The summed E-state index contributed by atoms with van der Waals surface area (Å²) in [6.07, 6.45) is 2.85. The van der Waals surface area contributed by atoms with Gasteiger partial charge in [-0.05, 0) is 46.6 Å². The average Bonchev–Trinajstić information content (AvgIpc) is 2.59. The van der Waals surface area contributed by atoms with Crippen LogP contribution in [0.25, 0.3) is 0 Å². The lowest BCUT2D eigenvalue weighted by Gasteiger charge is -2.33. The maximum Gasteiger partial charge on any atom is 0.323 e. The lowest BCUT2D eigenvalue weighted by Crippen LogP contribution is -2.49. The number of esters is 1. The van der Waals surface area contributed by atoms with E-state index in [1.165, 1.54) is 0 Å². The van der Waals surface area contributed by atoms with Crippen molar-refractivity contribution in [1.29, 1.82) is 0 Å². The van der Waals surface area contributed by atoms with Gasteiger partial charge in [-0.25, -0.2) is 0 Å². The van der Waals surface area contributed by atoms with Crippen LogP contribution in [0.4, 0.5) is 0 Å². The fourth-order valence-corrected chi connectivity index (χ4v) is 2.49. The van der Waals surface area contributed by atoms with Gasteiger partial charge in [-0.15, -0.1) is 0 Å². The third kappa shape index (κ3) is 3.69. The Balaban J connectivity index is 1.89. The average molecular weight is 268 g/mol. The third-order valence-electron chi connectivity index (χ3n) is 3.59. The number of nitrogens with zero attached hydrogens (tertiary/aromatic N) is 2. The topological polar surface area (TPSA) is 49.9 Å². The molecule has 0 bridgehead atoms. The largest absolute Gasteiger partial charge is 0.459 e. The Morgan fingerprint density at radius 1 is 1.16 bits per heavy atom. The highest BCUT2D eigenvalue weighted by Gasteiger charge is 2.36. The lowest BCUT2D eigenvalue weighted by atomic mass is 10.1. The first-order valence-corrected chi connectivity index (χ1v) is 7.11. The minimum absolute atomic E-state index is 0.140. The summed E-state index contributed by atoms with van der Waals surface area (Å²) in [4.78, 5) is 27.9. The Labute approximate surface area is 114 Å². The molecule has 0 aromatic carbocycles. The number of ether oxygens (including phenoxy) is 1. The maximum atomic E-state index is 12.1. The molecule has 0 unspecified atom stereocenters. The summed E-state index contributed by atoms with van der Waals surface area (Å²) in [6.45, 7) is 8.50. The number of hydrogen-bond donors (Lipinski definition) is 0. The molecule has 2 aliphatic rings. The van der Waals surface area contributed by atoms with Crippen molar-refractivity contribution >= 4 is 11.9 Å². The highest BCUT2D eigenvalue weighted by atomic mass is 16.6. The van der Waals surface area contributed by atoms with Crippen molar-refractivity contribution in [3.8, 4) is 0 Å². The minimum Gasteiger partial charge on any atom is -0.459 e. The van der Waals surface area contributed by atoms with E-state index < -0.39 is 5.60 Å². The van der Waals surface area contributed by atoms with E-state index in [9.17, 15) is 9.59 Å². The number of carbonyl (C=O) groups excluding carboxylic acids is 2. The molecule has 5 heteroatoms. The number of amides is 1. The molecule has 0 spiro atoms. The highest BCUT2D eigenvalue weighted by molar-refractivity contribution is 5.81. The Morgan fingerprint density at radius 2 is 1.84 bits per heavy atom. The Bertz CT molecular complexity index is 358. The molecule has 5 nitrogen and oxygen atoms in total. The highest BCUT2D eigenvalue weighted by Crippen LogP contribution is 2.21. The summed E-state index contributed by atoms with van der Waals surface area (Å²) in [5, 5.41) is 0. The zero-order valence-corrected chi connectivity index (χ0v) is 12.1. The number of likely N-dealkylation sites (tertiary alicyclic amines) is 2. The fourth-order valence-electron chi connectivity index (χ4n) is 2.49. The summed E-state index contributed by atoms with van der Waals surface area (Å²) in [7, 11) is 0. The molecule has 0 N–H and O–H groups in total. The van der Waals surface area contributed by atoms with Crippen molar-refractivity contribution in [1.82, 2.24) is 9.80 Å². The van der Waals surface area contributed by atoms with Gasteiger partial charge in [-0.2, -0.15) is 0 Å². The van der Waals surface area contributed by atoms with Gasteiger partial charge in [0.25, 0.3) is 0 Å². The third-order valence-corrected chi connectivity index (χ3v) is 3.59. The van der Waals surface area contributed by atoms with Crippen LogP contribution < -0.4 is 0 Å². The number of rotatable bonds is 3. The van der Waals surface area contributed by atoms with Crippen LogP contribution in [0.2, 0.25) is 0 Å². The quantitative estimate of drug-likeness (QED) is 0.717. The minimum atomic E-state index is -0.465. The Kier molecular flexibility index (Phi) is 4.13. The van der Waals surface area contributed by atoms with Gasteiger partial charge in [0.15, 0.2) is 0 Å². The van der Waals surface area contributed by atoms with Crippen LogP contribution in [0.5, 0.6) is 0 Å². The van der Waals surface area contributed by atoms with Gasteiger partial charge in [-0.1, -0.05) is 0 Å². The van der Waals surface area contributed by atoms with Gasteiger partial charge in [0.1, 0.15) is 11.6 Å². The van der Waals surface area contributed by atoms with E-state index in [2.05, 4.69) is 0 Å². The molecule has 2 saturated heterocycles. The molecule has 0 saturated carbocycles. The molecular weight excluding hydrogens is 244 g/mol. The summed E-state index contributed by atoms with van der Waals surface area (Å²) in [5.41, 5.74) is -0.465. The van der Waals surface area contributed by atoms with Crippen LogP contribution in [-0.4, -0.2) is 59.5 Å². The van der Waals surface area contributed by atoms with Gasteiger partial charge in [-0.3, -0.25) is 14.5 Å². The van der Waals surface area contributed by atoms with Crippen LogP contribution in [0.15, 0.2) is 0 Å². The molecule has 19 heavy (non-hydrogen) atoms. The number of hydrogen-bond acceptors (Lipinski definition) is 4. The van der Waals surface area contributed by atoms with Crippen molar-refractivity contribution in [2.75, 3.05) is 26.2 Å². The van der Waals surface area contributed by atoms with E-state index in [0.717, 1.165) is 38.9 Å². The second kappa shape index (κ2) is 5.49. The van der Waals surface area contributed by atoms with Crippen molar-refractivity contribution in [2.24, 2.45) is 0 Å². The van der Waals surface area contributed by atoms with Crippen molar-refractivity contribution in [2.45, 2.75) is 51.7 Å². The lowest BCUT2D eigenvalue weighted by molar-refractivity contribution is -0.160. The normalized spacial score (nSPS) is 24.2. The van der Waals surface area contributed by atoms with Gasteiger partial charge < -0.3 is 9.64 Å². The Morgan fingerprint density at radius 3 is 2.37 bits per heavy atom. The molecule has 2 rings (SSSR count). The van der Waals surface area contributed by atoms with E-state index in [0.29, 0.717) is 6.54 Å². The smallest absolute Gasteiger partial charge is 0.323 e. The molecule has 2 fully saturated rings.